The maximum atomic E-state index is 14.6. The number of halogens is 4. The molecule has 228 valence electrons. The van der Waals surface area contributed by atoms with Crippen molar-refractivity contribution in [2.45, 2.75) is 52.6 Å². The molecule has 0 saturated carbocycles. The Morgan fingerprint density at radius 1 is 0.955 bits per heavy atom. The number of esters is 1. The molecule has 5 rings (SSSR count). The highest BCUT2D eigenvalue weighted by Crippen LogP contribution is 2.35. The van der Waals surface area contributed by atoms with Gasteiger partial charge in [-0.2, -0.15) is 13.2 Å². The van der Waals surface area contributed by atoms with Crippen molar-refractivity contribution in [3.8, 4) is 22.3 Å². The molecular formula is C31H28ClF3N6O3. The van der Waals surface area contributed by atoms with E-state index in [1.54, 1.807) is 31.2 Å². The van der Waals surface area contributed by atoms with Gasteiger partial charge in [-0.15, -0.1) is 10.2 Å². The predicted molar refractivity (Wildman–Crippen MR) is 159 cm³/mol. The molecule has 2 aromatic carbocycles. The Labute approximate surface area is 255 Å². The first-order chi connectivity index (χ1) is 20.8. The molecule has 5 aromatic rings. The van der Waals surface area contributed by atoms with E-state index in [0.717, 1.165) is 11.6 Å². The number of hydrogen-bond donors (Lipinski definition) is 1. The molecule has 9 nitrogen and oxygen atoms in total. The SMILES string of the molecule is Cc1ccc(-c2c(-c3ccc(Cl)cc3)c3nnc([C@H](C)OC(=O)C(C)N)n3n(Cc3ccc(C(F)(F)F)nc3C)c2=O)cc1. The van der Waals surface area contributed by atoms with Gasteiger partial charge in [-0.25, -0.2) is 14.2 Å². The maximum Gasteiger partial charge on any atom is 0.433 e. The lowest BCUT2D eigenvalue weighted by molar-refractivity contribution is -0.150. The third-order valence-corrected chi connectivity index (χ3v) is 7.39. The van der Waals surface area contributed by atoms with Crippen molar-refractivity contribution in [2.75, 3.05) is 0 Å². The van der Waals surface area contributed by atoms with E-state index in [9.17, 15) is 22.8 Å². The van der Waals surface area contributed by atoms with Crippen LogP contribution in [0.5, 0.6) is 0 Å². The van der Waals surface area contributed by atoms with Gasteiger partial charge in [0.1, 0.15) is 11.7 Å². The van der Waals surface area contributed by atoms with E-state index in [2.05, 4.69) is 15.2 Å². The first kappa shape index (κ1) is 30.9. The number of hydrogen-bond acceptors (Lipinski definition) is 7. The van der Waals surface area contributed by atoms with Crippen LogP contribution in [0.1, 0.15) is 48.3 Å². The summed E-state index contributed by atoms with van der Waals surface area (Å²) in [5, 5.41) is 9.24. The Kier molecular flexibility index (Phi) is 8.32. The molecule has 2 N–H and O–H groups in total. The summed E-state index contributed by atoms with van der Waals surface area (Å²) in [5.74, 6) is -0.588. The van der Waals surface area contributed by atoms with Crippen molar-refractivity contribution in [3.63, 3.8) is 0 Å². The molecule has 0 aliphatic rings. The number of ether oxygens (including phenoxy) is 1. The van der Waals surface area contributed by atoms with Gasteiger partial charge in [0.25, 0.3) is 5.56 Å². The first-order valence-corrected chi connectivity index (χ1v) is 14.0. The average Bonchev–Trinajstić information content (AvgIpc) is 3.40. The third kappa shape index (κ3) is 5.95. The molecule has 2 atom stereocenters. The van der Waals surface area contributed by atoms with Crippen LogP contribution in [-0.4, -0.2) is 36.4 Å². The van der Waals surface area contributed by atoms with E-state index in [4.69, 9.17) is 22.1 Å². The number of benzene rings is 2. The molecule has 0 bridgehead atoms. The molecule has 0 radical (unpaired) electrons. The van der Waals surface area contributed by atoms with Gasteiger partial charge in [0.15, 0.2) is 17.6 Å². The topological polar surface area (TPSA) is 117 Å². The summed E-state index contributed by atoms with van der Waals surface area (Å²) in [7, 11) is 0. The van der Waals surface area contributed by atoms with Gasteiger partial charge < -0.3 is 10.5 Å². The number of aryl methyl sites for hydroxylation is 2. The van der Waals surface area contributed by atoms with Crippen molar-refractivity contribution in [3.05, 3.63) is 104 Å². The van der Waals surface area contributed by atoms with Crippen LogP contribution < -0.4 is 11.3 Å². The molecule has 44 heavy (non-hydrogen) atoms. The van der Waals surface area contributed by atoms with E-state index in [1.165, 1.54) is 29.1 Å². The molecule has 0 saturated heterocycles. The predicted octanol–water partition coefficient (Wildman–Crippen LogP) is 5.91. The van der Waals surface area contributed by atoms with Crippen LogP contribution in [0.3, 0.4) is 0 Å². The summed E-state index contributed by atoms with van der Waals surface area (Å²) in [5.41, 5.74) is 7.77. The summed E-state index contributed by atoms with van der Waals surface area (Å²) >= 11 is 6.18. The minimum Gasteiger partial charge on any atom is -0.453 e. The fraction of sp³-hybridized carbons (Fsp3) is 0.258. The van der Waals surface area contributed by atoms with E-state index in [-0.39, 0.29) is 29.3 Å². The second kappa shape index (κ2) is 11.9. The highest BCUT2D eigenvalue weighted by Gasteiger charge is 2.33. The van der Waals surface area contributed by atoms with Gasteiger partial charge in [-0.05, 0) is 62.6 Å². The molecule has 0 amide bonds. The minimum atomic E-state index is -4.63. The fourth-order valence-electron chi connectivity index (χ4n) is 4.81. The second-order valence-electron chi connectivity index (χ2n) is 10.5. The van der Waals surface area contributed by atoms with E-state index in [0.29, 0.717) is 27.3 Å². The number of rotatable bonds is 7. The van der Waals surface area contributed by atoms with Crippen LogP contribution in [0, 0.1) is 13.8 Å². The van der Waals surface area contributed by atoms with Crippen LogP contribution in [0.2, 0.25) is 5.02 Å². The van der Waals surface area contributed by atoms with Gasteiger partial charge in [-0.3, -0.25) is 9.59 Å². The Morgan fingerprint density at radius 3 is 2.16 bits per heavy atom. The number of nitrogens with two attached hydrogens (primary N) is 1. The number of carbonyl (C=O) groups excluding carboxylic acids is 1. The van der Waals surface area contributed by atoms with Crippen LogP contribution in [0.25, 0.3) is 27.9 Å². The number of carbonyl (C=O) groups is 1. The smallest absolute Gasteiger partial charge is 0.433 e. The van der Waals surface area contributed by atoms with E-state index >= 15 is 0 Å². The zero-order chi connectivity index (χ0) is 31.9. The largest absolute Gasteiger partial charge is 0.453 e. The van der Waals surface area contributed by atoms with Crippen LogP contribution in [0.4, 0.5) is 13.2 Å². The summed E-state index contributed by atoms with van der Waals surface area (Å²) in [4.78, 5) is 30.7. The molecular weight excluding hydrogens is 597 g/mol. The standard InChI is InChI=1S/C31H28ClF3N6O3/c1-16-5-7-21(8-6-16)26-25(20-9-12-23(32)13-10-20)28-39-38-27(19(4)44-30(43)17(2)36)41(28)40(29(26)42)15-22-11-14-24(31(33,34)35)37-18(22)3/h5-14,17,19H,15,36H2,1-4H3/t17?,19-/m0/s1. The lowest BCUT2D eigenvalue weighted by Crippen LogP contribution is -2.32. The number of aromatic nitrogens is 5. The Hall–Kier alpha value is -4.55. The fourth-order valence-corrected chi connectivity index (χ4v) is 4.93. The molecule has 1 unspecified atom stereocenters. The Balaban J connectivity index is 1.84. The van der Waals surface area contributed by atoms with Gasteiger partial charge in [-0.1, -0.05) is 59.6 Å². The van der Waals surface area contributed by atoms with Gasteiger partial charge in [0.05, 0.1) is 12.1 Å². The normalized spacial score (nSPS) is 13.2. The molecule has 0 aliphatic heterocycles. The average molecular weight is 625 g/mol. The zero-order valence-electron chi connectivity index (χ0n) is 24.2. The van der Waals surface area contributed by atoms with Crippen LogP contribution in [0.15, 0.2) is 65.5 Å². The zero-order valence-corrected chi connectivity index (χ0v) is 24.9. The van der Waals surface area contributed by atoms with Crippen molar-refractivity contribution in [2.24, 2.45) is 5.73 Å². The lowest BCUT2D eigenvalue weighted by atomic mass is 9.96. The van der Waals surface area contributed by atoms with Crippen LogP contribution >= 0.6 is 11.6 Å². The summed E-state index contributed by atoms with van der Waals surface area (Å²) in [6.07, 6.45) is -5.63. The van der Waals surface area contributed by atoms with Gasteiger partial charge in [0, 0.05) is 16.3 Å². The van der Waals surface area contributed by atoms with E-state index in [1.807, 2.05) is 31.2 Å². The van der Waals surface area contributed by atoms with Crippen molar-refractivity contribution in [1.82, 2.24) is 24.4 Å². The van der Waals surface area contributed by atoms with E-state index < -0.39 is 35.5 Å². The first-order valence-electron chi connectivity index (χ1n) is 13.6. The van der Waals surface area contributed by atoms with Crippen molar-refractivity contribution >= 4 is 23.2 Å². The highest BCUT2D eigenvalue weighted by atomic mass is 35.5. The summed E-state index contributed by atoms with van der Waals surface area (Å²) in [6, 6.07) is 15.4. The van der Waals surface area contributed by atoms with Crippen molar-refractivity contribution < 1.29 is 22.7 Å². The van der Waals surface area contributed by atoms with Gasteiger partial charge in [0.2, 0.25) is 0 Å². The maximum absolute atomic E-state index is 14.6. The van der Waals surface area contributed by atoms with Gasteiger partial charge >= 0.3 is 12.1 Å². The minimum absolute atomic E-state index is 0.0876. The molecule has 0 aliphatic carbocycles. The van der Waals surface area contributed by atoms with Crippen LogP contribution in [-0.2, 0) is 22.3 Å². The Morgan fingerprint density at radius 2 is 1.57 bits per heavy atom. The molecule has 13 heteroatoms. The number of pyridine rings is 1. The second-order valence-corrected chi connectivity index (χ2v) is 10.9. The highest BCUT2D eigenvalue weighted by molar-refractivity contribution is 6.30. The number of alkyl halides is 3. The third-order valence-electron chi connectivity index (χ3n) is 7.14. The summed E-state index contributed by atoms with van der Waals surface area (Å²) < 4.78 is 48.3. The molecule has 3 heterocycles. The number of nitrogens with zero attached hydrogens (tertiary/aromatic N) is 5. The molecule has 0 fully saturated rings. The molecule has 3 aromatic heterocycles. The Bertz CT molecular complexity index is 1920. The summed E-state index contributed by atoms with van der Waals surface area (Å²) in [6.45, 7) is 6.20. The quantitative estimate of drug-likeness (QED) is 0.224. The monoisotopic (exact) mass is 624 g/mol. The lowest BCUT2D eigenvalue weighted by Gasteiger charge is -2.20. The van der Waals surface area contributed by atoms with Crippen molar-refractivity contribution in [1.29, 1.82) is 0 Å². The molecule has 0 spiro atoms. The number of fused-ring (bicyclic) bond motifs is 1.